The van der Waals surface area contributed by atoms with Crippen molar-refractivity contribution < 1.29 is 0 Å². The van der Waals surface area contributed by atoms with Crippen molar-refractivity contribution in [2.24, 2.45) is 0 Å². The van der Waals surface area contributed by atoms with Gasteiger partial charge in [0.2, 0.25) is 0 Å². The highest BCUT2D eigenvalue weighted by Crippen LogP contribution is 2.03. The topological polar surface area (TPSA) is 12.0 Å². The zero-order valence-electron chi connectivity index (χ0n) is 11.4. The molecule has 1 unspecified atom stereocenters. The summed E-state index contributed by atoms with van der Waals surface area (Å²) in [6.07, 6.45) is 5.40. The third-order valence-corrected chi connectivity index (χ3v) is 3.08. The van der Waals surface area contributed by atoms with Crippen LogP contribution >= 0.6 is 0 Å². The second kappa shape index (κ2) is 7.55. The van der Waals surface area contributed by atoms with Gasteiger partial charge < -0.3 is 5.32 Å². The summed E-state index contributed by atoms with van der Waals surface area (Å²) in [5, 5.41) is 3.51. The van der Waals surface area contributed by atoms with E-state index in [9.17, 15) is 0 Å². The second-order valence-electron chi connectivity index (χ2n) is 4.81. The highest BCUT2D eigenvalue weighted by molar-refractivity contribution is 5.48. The van der Waals surface area contributed by atoms with Gasteiger partial charge in [-0.3, -0.25) is 0 Å². The van der Waals surface area contributed by atoms with Crippen LogP contribution in [0.15, 0.2) is 66.7 Å². The van der Waals surface area contributed by atoms with Crippen molar-refractivity contribution in [3.8, 4) is 0 Å². The number of rotatable bonds is 6. The first-order valence-electron chi connectivity index (χ1n) is 6.83. The first kappa shape index (κ1) is 13.6. The monoisotopic (exact) mass is 251 g/mol. The van der Waals surface area contributed by atoms with Crippen molar-refractivity contribution in [3.63, 3.8) is 0 Å². The van der Waals surface area contributed by atoms with E-state index in [1.807, 2.05) is 6.07 Å². The molecule has 0 aliphatic rings. The van der Waals surface area contributed by atoms with Gasteiger partial charge in [-0.15, -0.1) is 0 Å². The summed E-state index contributed by atoms with van der Waals surface area (Å²) >= 11 is 0. The predicted octanol–water partition coefficient (Wildman–Crippen LogP) is 3.92. The van der Waals surface area contributed by atoms with Crippen molar-refractivity contribution in [2.45, 2.75) is 19.4 Å². The standard InChI is InChI=1S/C18H21N/c1-16(15-18-11-6-3-7-12-18)19-14-8-13-17-9-4-2-5-10-17/h2-13,16,19H,14-15H2,1H3/b13-8+. The molecule has 2 rings (SSSR count). The summed E-state index contributed by atoms with van der Waals surface area (Å²) in [6, 6.07) is 21.5. The van der Waals surface area contributed by atoms with Gasteiger partial charge in [-0.1, -0.05) is 72.8 Å². The third-order valence-electron chi connectivity index (χ3n) is 3.08. The summed E-state index contributed by atoms with van der Waals surface area (Å²) in [5.74, 6) is 0. The van der Waals surface area contributed by atoms with Crippen molar-refractivity contribution in [1.82, 2.24) is 5.32 Å². The summed E-state index contributed by atoms with van der Waals surface area (Å²) < 4.78 is 0. The zero-order valence-corrected chi connectivity index (χ0v) is 11.4. The second-order valence-corrected chi connectivity index (χ2v) is 4.81. The molecule has 0 spiro atoms. The largest absolute Gasteiger partial charge is 0.310 e. The fourth-order valence-electron chi connectivity index (χ4n) is 2.07. The molecule has 0 saturated heterocycles. The molecule has 1 heteroatoms. The molecule has 0 radical (unpaired) electrons. The smallest absolute Gasteiger partial charge is 0.0140 e. The van der Waals surface area contributed by atoms with Gasteiger partial charge in [-0.25, -0.2) is 0 Å². The molecule has 0 aliphatic carbocycles. The quantitative estimate of drug-likeness (QED) is 0.820. The lowest BCUT2D eigenvalue weighted by atomic mass is 10.1. The molecule has 0 aromatic heterocycles. The van der Waals surface area contributed by atoms with Gasteiger partial charge in [-0.2, -0.15) is 0 Å². The van der Waals surface area contributed by atoms with E-state index in [1.165, 1.54) is 11.1 Å². The Morgan fingerprint density at radius 1 is 0.947 bits per heavy atom. The maximum atomic E-state index is 3.51. The summed E-state index contributed by atoms with van der Waals surface area (Å²) in [7, 11) is 0. The van der Waals surface area contributed by atoms with Crippen LogP contribution in [-0.2, 0) is 6.42 Å². The lowest BCUT2D eigenvalue weighted by Gasteiger charge is -2.12. The van der Waals surface area contributed by atoms with Gasteiger partial charge in [0.25, 0.3) is 0 Å². The SMILES string of the molecule is CC(Cc1ccccc1)NC/C=C/c1ccccc1. The molecule has 0 heterocycles. The Labute approximate surface area is 116 Å². The van der Waals surface area contributed by atoms with Gasteiger partial charge in [0.1, 0.15) is 0 Å². The number of hydrogen-bond acceptors (Lipinski definition) is 1. The van der Waals surface area contributed by atoms with E-state index in [-0.39, 0.29) is 0 Å². The van der Waals surface area contributed by atoms with Crippen LogP contribution in [0.5, 0.6) is 0 Å². The first-order chi connectivity index (χ1) is 9.34. The average molecular weight is 251 g/mol. The lowest BCUT2D eigenvalue weighted by Crippen LogP contribution is -2.28. The Hall–Kier alpha value is -1.86. The highest BCUT2D eigenvalue weighted by atomic mass is 14.9. The lowest BCUT2D eigenvalue weighted by molar-refractivity contribution is 0.581. The molecule has 19 heavy (non-hydrogen) atoms. The van der Waals surface area contributed by atoms with Gasteiger partial charge in [0, 0.05) is 12.6 Å². The molecule has 0 aliphatic heterocycles. The Kier molecular flexibility index (Phi) is 5.39. The third kappa shape index (κ3) is 5.11. The Bertz CT molecular complexity index is 488. The number of nitrogens with one attached hydrogen (secondary N) is 1. The van der Waals surface area contributed by atoms with E-state index in [2.05, 4.69) is 79.0 Å². The van der Waals surface area contributed by atoms with Gasteiger partial charge >= 0.3 is 0 Å². The van der Waals surface area contributed by atoms with Crippen LogP contribution in [0, 0.1) is 0 Å². The maximum Gasteiger partial charge on any atom is 0.0140 e. The normalized spacial score (nSPS) is 12.7. The maximum absolute atomic E-state index is 3.51. The fourth-order valence-corrected chi connectivity index (χ4v) is 2.07. The van der Waals surface area contributed by atoms with Gasteiger partial charge in [0.05, 0.1) is 0 Å². The molecule has 0 fully saturated rings. The van der Waals surface area contributed by atoms with Gasteiger partial charge in [-0.05, 0) is 24.5 Å². The van der Waals surface area contributed by atoms with Crippen molar-refractivity contribution in [1.29, 1.82) is 0 Å². The Balaban J connectivity index is 1.72. The van der Waals surface area contributed by atoms with E-state index in [0.717, 1.165) is 13.0 Å². The molecule has 0 saturated carbocycles. The molecule has 0 bridgehead atoms. The van der Waals surface area contributed by atoms with E-state index >= 15 is 0 Å². The van der Waals surface area contributed by atoms with E-state index in [4.69, 9.17) is 0 Å². The molecule has 98 valence electrons. The summed E-state index contributed by atoms with van der Waals surface area (Å²) in [6.45, 7) is 3.13. The molecule has 1 atom stereocenters. The predicted molar refractivity (Wildman–Crippen MR) is 83.1 cm³/mol. The van der Waals surface area contributed by atoms with Crippen molar-refractivity contribution in [2.75, 3.05) is 6.54 Å². The van der Waals surface area contributed by atoms with Crippen LogP contribution in [0.25, 0.3) is 6.08 Å². The van der Waals surface area contributed by atoms with Gasteiger partial charge in [0.15, 0.2) is 0 Å². The fraction of sp³-hybridized carbons (Fsp3) is 0.222. The van der Waals surface area contributed by atoms with Crippen LogP contribution in [0.1, 0.15) is 18.1 Å². The molecule has 2 aromatic rings. The van der Waals surface area contributed by atoms with Crippen molar-refractivity contribution in [3.05, 3.63) is 77.9 Å². The molecule has 2 aromatic carbocycles. The van der Waals surface area contributed by atoms with Crippen LogP contribution in [0.4, 0.5) is 0 Å². The number of benzene rings is 2. The first-order valence-corrected chi connectivity index (χ1v) is 6.83. The van der Waals surface area contributed by atoms with Crippen molar-refractivity contribution >= 4 is 6.08 Å². The molecular weight excluding hydrogens is 230 g/mol. The zero-order chi connectivity index (χ0) is 13.3. The minimum absolute atomic E-state index is 0.489. The molecule has 1 nitrogen and oxygen atoms in total. The van der Waals surface area contributed by atoms with Crippen LogP contribution in [-0.4, -0.2) is 12.6 Å². The average Bonchev–Trinajstić information content (AvgIpc) is 2.46. The Morgan fingerprint density at radius 2 is 1.58 bits per heavy atom. The minimum Gasteiger partial charge on any atom is -0.310 e. The van der Waals surface area contributed by atoms with Crippen LogP contribution < -0.4 is 5.32 Å². The van der Waals surface area contributed by atoms with Crippen LogP contribution in [0.3, 0.4) is 0 Å². The Morgan fingerprint density at radius 3 is 2.26 bits per heavy atom. The summed E-state index contributed by atoms with van der Waals surface area (Å²) in [4.78, 5) is 0. The molecule has 0 amide bonds. The number of hydrogen-bond donors (Lipinski definition) is 1. The highest BCUT2D eigenvalue weighted by Gasteiger charge is 2.00. The van der Waals surface area contributed by atoms with E-state index in [0.29, 0.717) is 6.04 Å². The molecule has 1 N–H and O–H groups in total. The van der Waals surface area contributed by atoms with E-state index in [1.54, 1.807) is 0 Å². The summed E-state index contributed by atoms with van der Waals surface area (Å²) in [5.41, 5.74) is 2.63. The minimum atomic E-state index is 0.489. The van der Waals surface area contributed by atoms with E-state index < -0.39 is 0 Å². The van der Waals surface area contributed by atoms with Crippen LogP contribution in [0.2, 0.25) is 0 Å². The molecular formula is C18H21N.